The van der Waals surface area contributed by atoms with Gasteiger partial charge in [0.15, 0.2) is 0 Å². The molecule has 2 saturated heterocycles. The van der Waals surface area contributed by atoms with E-state index in [9.17, 15) is 4.79 Å². The number of benzene rings is 1. The molecule has 5 heteroatoms. The summed E-state index contributed by atoms with van der Waals surface area (Å²) in [7, 11) is 3.55. The zero-order valence-corrected chi connectivity index (χ0v) is 16.4. The minimum absolute atomic E-state index is 0.559. The zero-order chi connectivity index (χ0) is 18.7. The second kappa shape index (κ2) is 6.26. The number of fused-ring (bicyclic) bond motifs is 4. The fourth-order valence-corrected chi connectivity index (χ4v) is 6.28. The molecule has 1 aromatic heterocycles. The highest BCUT2D eigenvalue weighted by Gasteiger charge is 2.49. The van der Waals surface area contributed by atoms with E-state index < -0.39 is 6.16 Å². The van der Waals surface area contributed by atoms with E-state index in [-0.39, 0.29) is 0 Å². The molecule has 4 heterocycles. The lowest BCUT2D eigenvalue weighted by Crippen LogP contribution is -2.56. The minimum atomic E-state index is -0.665. The number of nitrogens with zero attached hydrogens (tertiary/aromatic N) is 2. The molecule has 0 N–H and O–H groups in total. The van der Waals surface area contributed by atoms with Gasteiger partial charge < -0.3 is 14.0 Å². The second-order valence-electron chi connectivity index (χ2n) is 8.51. The van der Waals surface area contributed by atoms with E-state index in [4.69, 9.17) is 4.74 Å². The van der Waals surface area contributed by atoms with Crippen LogP contribution in [0.3, 0.4) is 0 Å². The van der Waals surface area contributed by atoms with Gasteiger partial charge in [-0.1, -0.05) is 13.3 Å². The Morgan fingerprint density at radius 3 is 2.93 bits per heavy atom. The average molecular weight is 368 g/mol. The molecule has 3 aliphatic heterocycles. The highest BCUT2D eigenvalue weighted by atomic mass is 16.7. The molecule has 2 aromatic rings. The van der Waals surface area contributed by atoms with Gasteiger partial charge in [-0.05, 0) is 54.9 Å². The van der Waals surface area contributed by atoms with Crippen molar-refractivity contribution < 1.29 is 14.3 Å². The van der Waals surface area contributed by atoms with Crippen molar-refractivity contribution in [2.75, 3.05) is 20.2 Å². The van der Waals surface area contributed by atoms with Gasteiger partial charge in [-0.3, -0.25) is 4.90 Å². The van der Waals surface area contributed by atoms with Gasteiger partial charge in [0.05, 0.1) is 7.11 Å². The van der Waals surface area contributed by atoms with Gasteiger partial charge in [0.1, 0.15) is 5.75 Å². The van der Waals surface area contributed by atoms with Crippen molar-refractivity contribution in [1.29, 1.82) is 0 Å². The maximum absolute atomic E-state index is 11.5. The predicted octanol–water partition coefficient (Wildman–Crippen LogP) is 4.08. The Labute approximate surface area is 160 Å². The number of piperidine rings is 2. The lowest BCUT2D eigenvalue weighted by Gasteiger charge is -2.53. The maximum Gasteiger partial charge on any atom is 0.513 e. The second-order valence-corrected chi connectivity index (χ2v) is 8.51. The van der Waals surface area contributed by atoms with Crippen LogP contribution in [0.1, 0.15) is 43.4 Å². The number of carbonyl (C=O) groups is 1. The third-order valence-electron chi connectivity index (χ3n) is 7.25. The van der Waals surface area contributed by atoms with Gasteiger partial charge in [-0.15, -0.1) is 0 Å². The molecule has 1 aromatic carbocycles. The number of rotatable bonds is 2. The molecule has 3 fully saturated rings. The molecule has 5 nitrogen and oxygen atoms in total. The van der Waals surface area contributed by atoms with Crippen molar-refractivity contribution in [1.82, 2.24) is 9.47 Å². The molecule has 4 unspecified atom stereocenters. The van der Waals surface area contributed by atoms with Gasteiger partial charge in [-0.2, -0.15) is 0 Å². The van der Waals surface area contributed by atoms with Gasteiger partial charge in [0.2, 0.25) is 0 Å². The third kappa shape index (κ3) is 2.51. The highest BCUT2D eigenvalue weighted by molar-refractivity contribution is 5.88. The van der Waals surface area contributed by atoms with Crippen molar-refractivity contribution >= 4 is 17.1 Å². The van der Waals surface area contributed by atoms with E-state index in [1.54, 1.807) is 0 Å². The van der Waals surface area contributed by atoms with Crippen molar-refractivity contribution in [3.8, 4) is 5.75 Å². The van der Waals surface area contributed by atoms with E-state index in [2.05, 4.69) is 34.2 Å². The molecular weight excluding hydrogens is 340 g/mol. The number of aromatic nitrogens is 1. The van der Waals surface area contributed by atoms with Crippen LogP contribution in [0.5, 0.6) is 5.75 Å². The number of ether oxygens (including phenoxy) is 2. The molecule has 0 amide bonds. The van der Waals surface area contributed by atoms with Crippen LogP contribution in [0.4, 0.5) is 4.79 Å². The first-order valence-electron chi connectivity index (χ1n) is 10.2. The average Bonchev–Trinajstić information content (AvgIpc) is 2.89. The number of carbonyl (C=O) groups excluding carboxylic acids is 1. The molecule has 6 rings (SSSR count). The summed E-state index contributed by atoms with van der Waals surface area (Å²) in [6, 6.07) is 6.66. The van der Waals surface area contributed by atoms with Crippen LogP contribution >= 0.6 is 0 Å². The van der Waals surface area contributed by atoms with Crippen LogP contribution in [0.2, 0.25) is 0 Å². The molecule has 1 saturated carbocycles. The third-order valence-corrected chi connectivity index (χ3v) is 7.25. The van der Waals surface area contributed by atoms with Gasteiger partial charge in [0.25, 0.3) is 0 Å². The fraction of sp³-hybridized carbons (Fsp3) is 0.591. The molecule has 4 aliphatic rings. The Morgan fingerprint density at radius 1 is 1.30 bits per heavy atom. The molecule has 5 atom stereocenters. The largest absolute Gasteiger partial charge is 0.513 e. The standard InChI is InChI=1S/C22H28N2O3/c1-4-14-9-13-10-18-20(14)24(12-13)8-7-16-17-11-15(27-22(25)26-3)5-6-19(17)23(2)21(16)18/h5-6,11,13-14,18,20H,4,7-10,12H2,1-3H3/t13?,14?,18-,20?/m1/s1. The quantitative estimate of drug-likeness (QED) is 0.592. The van der Waals surface area contributed by atoms with E-state index in [1.165, 1.54) is 55.1 Å². The number of hydrogen-bond acceptors (Lipinski definition) is 4. The summed E-state index contributed by atoms with van der Waals surface area (Å²) in [4.78, 5) is 14.3. The van der Waals surface area contributed by atoms with Crippen LogP contribution in [0.25, 0.3) is 10.9 Å². The molecule has 144 valence electrons. The predicted molar refractivity (Wildman–Crippen MR) is 104 cm³/mol. The number of aryl methyl sites for hydroxylation is 1. The Balaban J connectivity index is 1.63. The first-order valence-corrected chi connectivity index (χ1v) is 10.2. The molecule has 0 radical (unpaired) electrons. The molecule has 0 spiro atoms. The summed E-state index contributed by atoms with van der Waals surface area (Å²) in [6.45, 7) is 4.78. The Kier molecular flexibility index (Phi) is 3.97. The summed E-state index contributed by atoms with van der Waals surface area (Å²) >= 11 is 0. The molecule has 27 heavy (non-hydrogen) atoms. The SMILES string of the molecule is CCC1CC2C[C@H]3c4c(c5cc(OC(=O)OC)ccc5n4C)CCN(C2)C13. The summed E-state index contributed by atoms with van der Waals surface area (Å²) in [5.74, 6) is 2.85. The van der Waals surface area contributed by atoms with Crippen molar-refractivity contribution in [3.05, 3.63) is 29.5 Å². The van der Waals surface area contributed by atoms with Gasteiger partial charge in [-0.25, -0.2) is 4.79 Å². The van der Waals surface area contributed by atoms with Crippen molar-refractivity contribution in [2.45, 2.75) is 44.6 Å². The van der Waals surface area contributed by atoms with Gasteiger partial charge in [0, 0.05) is 48.7 Å². The lowest BCUT2D eigenvalue weighted by molar-refractivity contribution is -0.0140. The van der Waals surface area contributed by atoms with Crippen LogP contribution in [-0.2, 0) is 18.2 Å². The number of methoxy groups -OCH3 is 1. The van der Waals surface area contributed by atoms with Crippen molar-refractivity contribution in [2.24, 2.45) is 18.9 Å². The Hall–Kier alpha value is -2.01. The summed E-state index contributed by atoms with van der Waals surface area (Å²) in [6.07, 6.45) is 4.42. The first kappa shape index (κ1) is 17.1. The molecule has 1 aliphatic carbocycles. The van der Waals surface area contributed by atoms with Gasteiger partial charge >= 0.3 is 6.16 Å². The fourth-order valence-electron chi connectivity index (χ4n) is 6.28. The van der Waals surface area contributed by atoms with Crippen LogP contribution < -0.4 is 4.74 Å². The number of hydrogen-bond donors (Lipinski definition) is 0. The van der Waals surface area contributed by atoms with Crippen LogP contribution in [-0.4, -0.2) is 41.9 Å². The van der Waals surface area contributed by atoms with E-state index in [0.29, 0.717) is 17.7 Å². The van der Waals surface area contributed by atoms with E-state index in [0.717, 1.165) is 24.8 Å². The zero-order valence-electron chi connectivity index (χ0n) is 16.4. The van der Waals surface area contributed by atoms with E-state index in [1.807, 2.05) is 12.1 Å². The minimum Gasteiger partial charge on any atom is -0.437 e. The Morgan fingerprint density at radius 2 is 2.15 bits per heavy atom. The maximum atomic E-state index is 11.5. The molecule has 4 bridgehead atoms. The van der Waals surface area contributed by atoms with E-state index >= 15 is 0 Å². The monoisotopic (exact) mass is 368 g/mol. The van der Waals surface area contributed by atoms with Crippen LogP contribution in [0.15, 0.2) is 18.2 Å². The summed E-state index contributed by atoms with van der Waals surface area (Å²) < 4.78 is 12.3. The van der Waals surface area contributed by atoms with Crippen LogP contribution in [0, 0.1) is 11.8 Å². The normalized spacial score (nSPS) is 31.4. The topological polar surface area (TPSA) is 43.7 Å². The van der Waals surface area contributed by atoms with Crippen molar-refractivity contribution in [3.63, 3.8) is 0 Å². The Bertz CT molecular complexity index is 903. The lowest BCUT2D eigenvalue weighted by atomic mass is 9.65. The highest BCUT2D eigenvalue weighted by Crippen LogP contribution is 2.51. The smallest absolute Gasteiger partial charge is 0.437 e. The summed E-state index contributed by atoms with van der Waals surface area (Å²) in [5, 5.41) is 1.23. The summed E-state index contributed by atoms with van der Waals surface area (Å²) in [5.41, 5.74) is 4.22. The molecular formula is C22H28N2O3. The first-order chi connectivity index (χ1) is 13.1.